The van der Waals surface area contributed by atoms with Gasteiger partial charge in [0.2, 0.25) is 0 Å². The summed E-state index contributed by atoms with van der Waals surface area (Å²) in [6.45, 7) is 1.25. The Kier molecular flexibility index (Phi) is 6.74. The van der Waals surface area contributed by atoms with E-state index in [1.807, 2.05) is 0 Å². The van der Waals surface area contributed by atoms with Gasteiger partial charge < -0.3 is 10.4 Å². The number of carbonyl (C=O) groups excluding carboxylic acids is 2. The average molecular weight is 431 g/mol. The summed E-state index contributed by atoms with van der Waals surface area (Å²) in [5.41, 5.74) is 0.238. The summed E-state index contributed by atoms with van der Waals surface area (Å²) in [4.78, 5) is 36.8. The molecule has 0 saturated carbocycles. The molecular formula is C24H19N2O6-. The summed E-state index contributed by atoms with van der Waals surface area (Å²) in [6.07, 6.45) is 0. The molecule has 0 aliphatic heterocycles. The number of hydrogen-bond acceptors (Lipinski definition) is 6. The fraction of sp³-hybridized carbons (Fsp3) is 0.125. The number of rotatable bonds is 8. The van der Waals surface area contributed by atoms with Gasteiger partial charge in [-0.2, -0.15) is 4.90 Å². The minimum absolute atomic E-state index is 0.202. The first-order valence-electron chi connectivity index (χ1n) is 9.72. The second-order valence-electron chi connectivity index (χ2n) is 7.16. The highest BCUT2D eigenvalue weighted by molar-refractivity contribution is 6.19. The zero-order valence-corrected chi connectivity index (χ0v) is 17.1. The maximum Gasteiger partial charge on any atom is 0.269 e. The molecule has 0 bridgehead atoms. The Bertz CT molecular complexity index is 1100. The highest BCUT2D eigenvalue weighted by atomic mass is 16.8. The van der Waals surface area contributed by atoms with Gasteiger partial charge in [-0.15, -0.1) is 0 Å². The maximum atomic E-state index is 13.5. The van der Waals surface area contributed by atoms with Gasteiger partial charge in [-0.05, 0) is 5.56 Å². The van der Waals surface area contributed by atoms with E-state index in [0.717, 1.165) is 0 Å². The van der Waals surface area contributed by atoms with Crippen LogP contribution >= 0.6 is 0 Å². The van der Waals surface area contributed by atoms with Crippen LogP contribution in [-0.4, -0.2) is 27.1 Å². The third kappa shape index (κ3) is 4.70. The number of nitro groups is 1. The predicted molar refractivity (Wildman–Crippen MR) is 119 cm³/mol. The van der Waals surface area contributed by atoms with Crippen LogP contribution in [0, 0.1) is 26.4 Å². The number of non-ortho nitro benzene ring substituents is 1. The lowest BCUT2D eigenvalue weighted by Crippen LogP contribution is -2.36. The SMILES string of the molecule is CC(C(c1ccc([N+](=O)[O-])cc1)C(C(=O)c1ccccc1)C(=O)c1ccccc1)=[N+]([O-])[O-]. The molecule has 3 aromatic rings. The lowest BCUT2D eigenvalue weighted by atomic mass is 9.75. The van der Waals surface area contributed by atoms with E-state index in [1.54, 1.807) is 60.7 Å². The minimum Gasteiger partial charge on any atom is -0.612 e. The number of benzene rings is 3. The minimum atomic E-state index is -1.42. The normalized spacial score (nSPS) is 11.6. The third-order valence-electron chi connectivity index (χ3n) is 5.22. The molecule has 8 nitrogen and oxygen atoms in total. The van der Waals surface area contributed by atoms with E-state index in [2.05, 4.69) is 0 Å². The van der Waals surface area contributed by atoms with Crippen LogP contribution in [0.2, 0.25) is 0 Å². The van der Waals surface area contributed by atoms with Crippen LogP contribution in [0.15, 0.2) is 84.9 Å². The van der Waals surface area contributed by atoms with E-state index in [9.17, 15) is 30.1 Å². The smallest absolute Gasteiger partial charge is 0.269 e. The van der Waals surface area contributed by atoms with Gasteiger partial charge in [-0.3, -0.25) is 19.7 Å². The summed E-state index contributed by atoms with van der Waals surface area (Å²) < 4.78 is 0. The number of nitro benzene ring substituents is 1. The lowest BCUT2D eigenvalue weighted by molar-refractivity contribution is -0.385. The molecule has 3 rings (SSSR count). The second kappa shape index (κ2) is 9.65. The molecule has 162 valence electrons. The van der Waals surface area contributed by atoms with Crippen LogP contribution in [0.5, 0.6) is 0 Å². The summed E-state index contributed by atoms with van der Waals surface area (Å²) in [5.74, 6) is -3.77. The second-order valence-corrected chi connectivity index (χ2v) is 7.16. The third-order valence-corrected chi connectivity index (χ3v) is 5.22. The van der Waals surface area contributed by atoms with E-state index in [1.165, 1.54) is 31.2 Å². The molecule has 0 aromatic heterocycles. The van der Waals surface area contributed by atoms with Crippen molar-refractivity contribution in [1.29, 1.82) is 0 Å². The molecule has 0 fully saturated rings. The van der Waals surface area contributed by atoms with Crippen LogP contribution in [0.3, 0.4) is 0 Å². The molecule has 0 saturated heterocycles. The number of hydrogen-bond donors (Lipinski definition) is 0. The van der Waals surface area contributed by atoms with Gasteiger partial charge >= 0.3 is 0 Å². The standard InChI is InChI=1S/C24H19N2O6/c1-16(25(29)30)21(17-12-14-20(15-13-17)26(31)32)22(23(27)18-8-4-2-5-9-18)24(28)19-10-6-3-7-11-19/h2-15,21-22H,1H3/q-1. The topological polar surface area (TPSA) is 126 Å². The van der Waals surface area contributed by atoms with Gasteiger partial charge in [0.1, 0.15) is 5.92 Å². The van der Waals surface area contributed by atoms with Crippen molar-refractivity contribution in [2.45, 2.75) is 12.8 Å². The summed E-state index contributed by atoms with van der Waals surface area (Å²) >= 11 is 0. The quantitative estimate of drug-likeness (QED) is 0.129. The molecular weight excluding hydrogens is 412 g/mol. The van der Waals surface area contributed by atoms with Crippen LogP contribution in [-0.2, 0) is 0 Å². The van der Waals surface area contributed by atoms with Gasteiger partial charge in [0.05, 0.1) is 10.8 Å². The lowest BCUT2D eigenvalue weighted by Gasteiger charge is -2.26. The van der Waals surface area contributed by atoms with E-state index < -0.39 is 33.2 Å². The van der Waals surface area contributed by atoms with E-state index in [-0.39, 0.29) is 28.1 Å². The fourth-order valence-electron chi connectivity index (χ4n) is 3.58. The van der Waals surface area contributed by atoms with Crippen LogP contribution in [0.4, 0.5) is 5.69 Å². The van der Waals surface area contributed by atoms with E-state index in [4.69, 9.17) is 0 Å². The number of ketones is 2. The molecule has 1 unspecified atom stereocenters. The molecule has 1 atom stereocenters. The predicted octanol–water partition coefficient (Wildman–Crippen LogP) is 4.53. The highest BCUT2D eigenvalue weighted by Gasteiger charge is 2.41. The average Bonchev–Trinajstić information content (AvgIpc) is 2.82. The van der Waals surface area contributed by atoms with Crippen molar-refractivity contribution in [3.05, 3.63) is 122 Å². The van der Waals surface area contributed by atoms with Crippen molar-refractivity contribution in [3.8, 4) is 0 Å². The van der Waals surface area contributed by atoms with Gasteiger partial charge in [0.25, 0.3) is 5.69 Å². The zero-order chi connectivity index (χ0) is 23.3. The van der Waals surface area contributed by atoms with E-state index >= 15 is 0 Å². The molecule has 0 spiro atoms. The Morgan fingerprint density at radius 2 is 1.16 bits per heavy atom. The van der Waals surface area contributed by atoms with Crippen molar-refractivity contribution in [3.63, 3.8) is 0 Å². The van der Waals surface area contributed by atoms with Crippen LogP contribution in [0.1, 0.15) is 39.1 Å². The summed E-state index contributed by atoms with van der Waals surface area (Å²) in [7, 11) is 0. The Labute approximate surface area is 183 Å². The first-order chi connectivity index (χ1) is 15.3. The monoisotopic (exact) mass is 431 g/mol. The first-order valence-corrected chi connectivity index (χ1v) is 9.72. The van der Waals surface area contributed by atoms with E-state index in [0.29, 0.717) is 0 Å². The van der Waals surface area contributed by atoms with Crippen LogP contribution < -0.4 is 0 Å². The van der Waals surface area contributed by atoms with Gasteiger partial charge in [0, 0.05) is 30.2 Å². The summed E-state index contributed by atoms with van der Waals surface area (Å²) in [6, 6.07) is 21.3. The van der Waals surface area contributed by atoms with Crippen LogP contribution in [0.25, 0.3) is 0 Å². The van der Waals surface area contributed by atoms with Crippen molar-refractivity contribution >= 4 is 23.0 Å². The molecule has 3 aromatic carbocycles. The molecule has 0 aliphatic carbocycles. The van der Waals surface area contributed by atoms with Crippen molar-refractivity contribution < 1.29 is 19.4 Å². The number of Topliss-reactive ketones (excluding diaryl/α,β-unsaturated/α-hetero) is 2. The molecule has 0 amide bonds. The molecule has 0 radical (unpaired) electrons. The fourth-order valence-corrected chi connectivity index (χ4v) is 3.58. The maximum absolute atomic E-state index is 13.5. The van der Waals surface area contributed by atoms with Gasteiger partial charge in [-0.25, -0.2) is 0 Å². The Morgan fingerprint density at radius 3 is 1.53 bits per heavy atom. The molecule has 0 aliphatic rings. The molecule has 0 N–H and O–H groups in total. The van der Waals surface area contributed by atoms with Crippen molar-refractivity contribution in [1.82, 2.24) is 0 Å². The Balaban J connectivity index is 2.21. The molecule has 0 heterocycles. The highest BCUT2D eigenvalue weighted by Crippen LogP contribution is 2.33. The Hall–Kier alpha value is -4.33. The van der Waals surface area contributed by atoms with Gasteiger partial charge in [-0.1, -0.05) is 72.8 Å². The Morgan fingerprint density at radius 1 is 0.719 bits per heavy atom. The van der Waals surface area contributed by atoms with Crippen molar-refractivity contribution in [2.75, 3.05) is 0 Å². The number of nitrogens with zero attached hydrogens (tertiary/aromatic N) is 2. The molecule has 8 heteroatoms. The van der Waals surface area contributed by atoms with Crippen molar-refractivity contribution in [2.24, 2.45) is 5.92 Å². The largest absolute Gasteiger partial charge is 0.612 e. The zero-order valence-electron chi connectivity index (χ0n) is 17.1. The molecule has 32 heavy (non-hydrogen) atoms. The summed E-state index contributed by atoms with van der Waals surface area (Å²) in [5, 5.41) is 34.5. The first kappa shape index (κ1) is 22.4. The van der Waals surface area contributed by atoms with Gasteiger partial charge in [0.15, 0.2) is 17.3 Å². The number of carbonyl (C=O) groups is 2.